The van der Waals surface area contributed by atoms with E-state index in [-0.39, 0.29) is 12.0 Å². The molecule has 9 heavy (non-hydrogen) atoms. The second-order valence-corrected chi connectivity index (χ2v) is 1.86. The van der Waals surface area contributed by atoms with Gasteiger partial charge in [0, 0.05) is 7.11 Å². The van der Waals surface area contributed by atoms with E-state index in [1.54, 1.807) is 7.11 Å². The Labute approximate surface area is 54.9 Å². The van der Waals surface area contributed by atoms with Crippen molar-refractivity contribution in [2.45, 2.75) is 13.0 Å². The average Bonchev–Trinajstić information content (AvgIpc) is 1.63. The molecule has 0 heterocycles. The Bertz CT molecular complexity index is 98.4. The summed E-state index contributed by atoms with van der Waals surface area (Å²) < 4.78 is 4.79. The van der Waals surface area contributed by atoms with Gasteiger partial charge in [0.05, 0.1) is 12.6 Å². The summed E-state index contributed by atoms with van der Waals surface area (Å²) in [4.78, 5) is 3.81. The van der Waals surface area contributed by atoms with Crippen molar-refractivity contribution >= 4 is 5.96 Å². The molecule has 0 aliphatic heterocycles. The highest BCUT2D eigenvalue weighted by molar-refractivity contribution is 5.75. The second-order valence-electron chi connectivity index (χ2n) is 1.86. The lowest BCUT2D eigenvalue weighted by Gasteiger charge is -2.02. The molecular formula is C5H13N3O. The average molecular weight is 131 g/mol. The largest absolute Gasteiger partial charge is 0.382 e. The maximum atomic E-state index is 5.10. The highest BCUT2D eigenvalue weighted by atomic mass is 16.5. The fourth-order valence-corrected chi connectivity index (χ4v) is 0.533. The molecular weight excluding hydrogens is 118 g/mol. The predicted molar refractivity (Wildman–Crippen MR) is 37.1 cm³/mol. The van der Waals surface area contributed by atoms with E-state index >= 15 is 0 Å². The zero-order valence-corrected chi connectivity index (χ0v) is 5.79. The van der Waals surface area contributed by atoms with Crippen molar-refractivity contribution in [1.29, 1.82) is 0 Å². The van der Waals surface area contributed by atoms with Crippen LogP contribution in [0.15, 0.2) is 4.99 Å². The Balaban J connectivity index is 3.49. The van der Waals surface area contributed by atoms with Crippen molar-refractivity contribution in [2.24, 2.45) is 16.5 Å². The predicted octanol–water partition coefficient (Wildman–Crippen LogP) is -0.705. The fraction of sp³-hybridized carbons (Fsp3) is 0.800. The maximum absolute atomic E-state index is 5.10. The Hall–Kier alpha value is -0.770. The molecule has 4 nitrogen and oxygen atoms in total. The topological polar surface area (TPSA) is 73.6 Å². The lowest BCUT2D eigenvalue weighted by Crippen LogP contribution is -2.25. The van der Waals surface area contributed by atoms with Gasteiger partial charge in [0.1, 0.15) is 0 Å². The van der Waals surface area contributed by atoms with Gasteiger partial charge in [-0.15, -0.1) is 0 Å². The normalized spacial score (nSPS) is 12.7. The smallest absolute Gasteiger partial charge is 0.186 e. The van der Waals surface area contributed by atoms with E-state index in [1.807, 2.05) is 6.92 Å². The number of ether oxygens (including phenoxy) is 1. The summed E-state index contributed by atoms with van der Waals surface area (Å²) in [7, 11) is 1.61. The van der Waals surface area contributed by atoms with Crippen molar-refractivity contribution in [3.05, 3.63) is 0 Å². The Kier molecular flexibility index (Phi) is 3.79. The number of hydrogen-bond acceptors (Lipinski definition) is 2. The van der Waals surface area contributed by atoms with Gasteiger partial charge in [-0.05, 0) is 6.92 Å². The summed E-state index contributed by atoms with van der Waals surface area (Å²) in [5.41, 5.74) is 10.2. The summed E-state index contributed by atoms with van der Waals surface area (Å²) in [6.07, 6.45) is 0. The van der Waals surface area contributed by atoms with Gasteiger partial charge in [0.15, 0.2) is 5.96 Å². The number of nitrogens with zero attached hydrogens (tertiary/aromatic N) is 1. The van der Waals surface area contributed by atoms with Crippen LogP contribution in [-0.2, 0) is 4.74 Å². The molecule has 0 aliphatic rings. The number of guanidine groups is 1. The third kappa shape index (κ3) is 5.10. The SMILES string of the molecule is COC[C@H](C)N=C(N)N. The van der Waals surface area contributed by atoms with Crippen LogP contribution in [0.5, 0.6) is 0 Å². The van der Waals surface area contributed by atoms with Crippen LogP contribution in [0.3, 0.4) is 0 Å². The van der Waals surface area contributed by atoms with Crippen LogP contribution in [0.25, 0.3) is 0 Å². The van der Waals surface area contributed by atoms with E-state index in [0.29, 0.717) is 6.61 Å². The summed E-state index contributed by atoms with van der Waals surface area (Å²) in [6, 6.07) is 0.0556. The van der Waals surface area contributed by atoms with Crippen LogP contribution in [0.4, 0.5) is 0 Å². The van der Waals surface area contributed by atoms with Gasteiger partial charge in [0.25, 0.3) is 0 Å². The molecule has 0 aromatic rings. The monoisotopic (exact) mass is 131 g/mol. The molecule has 54 valence electrons. The molecule has 0 aromatic heterocycles. The first-order valence-electron chi connectivity index (χ1n) is 2.74. The molecule has 0 fully saturated rings. The van der Waals surface area contributed by atoms with E-state index in [2.05, 4.69) is 4.99 Å². The molecule has 0 aromatic carbocycles. The molecule has 0 bridgehead atoms. The molecule has 0 saturated carbocycles. The number of methoxy groups -OCH3 is 1. The van der Waals surface area contributed by atoms with E-state index in [1.165, 1.54) is 0 Å². The molecule has 0 aliphatic carbocycles. The highest BCUT2D eigenvalue weighted by Crippen LogP contribution is 1.86. The lowest BCUT2D eigenvalue weighted by atomic mass is 10.4. The summed E-state index contributed by atoms with van der Waals surface area (Å²) in [6.45, 7) is 2.43. The highest BCUT2D eigenvalue weighted by Gasteiger charge is 1.95. The number of hydrogen-bond donors (Lipinski definition) is 2. The van der Waals surface area contributed by atoms with E-state index in [0.717, 1.165) is 0 Å². The number of rotatable bonds is 3. The minimum absolute atomic E-state index is 0.0556. The van der Waals surface area contributed by atoms with Crippen molar-refractivity contribution < 1.29 is 4.74 Å². The maximum Gasteiger partial charge on any atom is 0.186 e. The first-order valence-corrected chi connectivity index (χ1v) is 2.74. The van der Waals surface area contributed by atoms with Gasteiger partial charge in [0.2, 0.25) is 0 Å². The van der Waals surface area contributed by atoms with E-state index in [4.69, 9.17) is 16.2 Å². The molecule has 4 heteroatoms. The first-order chi connectivity index (χ1) is 4.16. The van der Waals surface area contributed by atoms with Gasteiger partial charge in [-0.25, -0.2) is 4.99 Å². The van der Waals surface area contributed by atoms with Crippen molar-refractivity contribution in [1.82, 2.24) is 0 Å². The van der Waals surface area contributed by atoms with Crippen molar-refractivity contribution in [2.75, 3.05) is 13.7 Å². The molecule has 1 atom stereocenters. The minimum Gasteiger partial charge on any atom is -0.382 e. The Morgan fingerprint density at radius 3 is 2.56 bits per heavy atom. The number of aliphatic imine (C=N–C) groups is 1. The van der Waals surface area contributed by atoms with Gasteiger partial charge in [-0.1, -0.05) is 0 Å². The van der Waals surface area contributed by atoms with Crippen LogP contribution in [0.1, 0.15) is 6.92 Å². The molecule has 0 amide bonds. The van der Waals surface area contributed by atoms with Crippen molar-refractivity contribution in [3.63, 3.8) is 0 Å². The summed E-state index contributed by atoms with van der Waals surface area (Å²) in [5.74, 6) is 0.111. The van der Waals surface area contributed by atoms with Crippen LogP contribution in [0.2, 0.25) is 0 Å². The van der Waals surface area contributed by atoms with Crippen molar-refractivity contribution in [3.8, 4) is 0 Å². The quantitative estimate of drug-likeness (QED) is 0.392. The Morgan fingerprint density at radius 2 is 2.22 bits per heavy atom. The van der Waals surface area contributed by atoms with Gasteiger partial charge < -0.3 is 16.2 Å². The zero-order chi connectivity index (χ0) is 7.28. The molecule has 0 saturated heterocycles. The van der Waals surface area contributed by atoms with Crippen LogP contribution >= 0.6 is 0 Å². The zero-order valence-electron chi connectivity index (χ0n) is 5.79. The first kappa shape index (κ1) is 8.23. The number of nitrogens with two attached hydrogens (primary N) is 2. The van der Waals surface area contributed by atoms with Crippen LogP contribution in [0, 0.1) is 0 Å². The fourth-order valence-electron chi connectivity index (χ4n) is 0.533. The lowest BCUT2D eigenvalue weighted by molar-refractivity contribution is 0.186. The summed E-state index contributed by atoms with van der Waals surface area (Å²) in [5, 5.41) is 0. The minimum atomic E-state index is 0.0556. The van der Waals surface area contributed by atoms with E-state index < -0.39 is 0 Å². The van der Waals surface area contributed by atoms with Crippen LogP contribution in [-0.4, -0.2) is 25.7 Å². The third-order valence-electron chi connectivity index (χ3n) is 0.777. The second kappa shape index (κ2) is 4.14. The molecule has 0 rings (SSSR count). The summed E-state index contributed by atoms with van der Waals surface area (Å²) >= 11 is 0. The van der Waals surface area contributed by atoms with Gasteiger partial charge in [-0.3, -0.25) is 0 Å². The standard InChI is InChI=1S/C5H13N3O/c1-4(3-9-2)8-5(6)7/h4H,3H2,1-2H3,(H4,6,7,8)/t4-/m0/s1. The molecule has 0 radical (unpaired) electrons. The molecule has 0 unspecified atom stereocenters. The third-order valence-corrected chi connectivity index (χ3v) is 0.777. The van der Waals surface area contributed by atoms with Gasteiger partial charge >= 0.3 is 0 Å². The molecule has 0 spiro atoms. The van der Waals surface area contributed by atoms with Crippen LogP contribution < -0.4 is 11.5 Å². The molecule has 4 N–H and O–H groups in total. The Morgan fingerprint density at radius 1 is 1.67 bits per heavy atom. The van der Waals surface area contributed by atoms with Gasteiger partial charge in [-0.2, -0.15) is 0 Å². The van der Waals surface area contributed by atoms with E-state index in [9.17, 15) is 0 Å².